The Labute approximate surface area is 181 Å². The van der Waals surface area contributed by atoms with Gasteiger partial charge in [0.15, 0.2) is 0 Å². The predicted molar refractivity (Wildman–Crippen MR) is 121 cm³/mol. The minimum Gasteiger partial charge on any atom is -0.491 e. The highest BCUT2D eigenvalue weighted by molar-refractivity contribution is 6.45. The van der Waals surface area contributed by atoms with Gasteiger partial charge < -0.3 is 14.6 Å². The summed E-state index contributed by atoms with van der Waals surface area (Å²) in [6.07, 6.45) is 6.83. The second kappa shape index (κ2) is 8.22. The van der Waals surface area contributed by atoms with Gasteiger partial charge in [0.2, 0.25) is 0 Å². The molecule has 3 nitrogen and oxygen atoms in total. The lowest BCUT2D eigenvalue weighted by atomic mass is 9.91. The van der Waals surface area contributed by atoms with Crippen LogP contribution in [0, 0.1) is 0 Å². The Morgan fingerprint density at radius 1 is 0.931 bits per heavy atom. The summed E-state index contributed by atoms with van der Waals surface area (Å²) in [5.74, 6) is 1.06. The monoisotopic (exact) mass is 428 g/mol. The first-order chi connectivity index (χ1) is 14.2. The molecule has 1 aromatic heterocycles. The Hall–Kier alpha value is -1.68. The van der Waals surface area contributed by atoms with E-state index in [-0.39, 0.29) is 0 Å². The van der Waals surface area contributed by atoms with Crippen molar-refractivity contribution < 1.29 is 4.74 Å². The van der Waals surface area contributed by atoms with Gasteiger partial charge in [-0.3, -0.25) is 0 Å². The quantitative estimate of drug-likeness (QED) is 0.585. The summed E-state index contributed by atoms with van der Waals surface area (Å²) in [6.45, 7) is 3.43. The molecule has 1 aliphatic heterocycles. The number of fused-ring (bicyclic) bond motifs is 4. The van der Waals surface area contributed by atoms with E-state index in [1.165, 1.54) is 47.2 Å². The zero-order valence-corrected chi connectivity index (χ0v) is 18.1. The second-order valence-electron chi connectivity index (χ2n) is 8.03. The highest BCUT2D eigenvalue weighted by Crippen LogP contribution is 2.37. The third-order valence-corrected chi connectivity index (χ3v) is 7.16. The normalized spacial score (nSPS) is 16.3. The lowest BCUT2D eigenvalue weighted by Gasteiger charge is -2.20. The van der Waals surface area contributed by atoms with E-state index in [0.717, 1.165) is 50.0 Å². The molecule has 5 rings (SSSR count). The smallest absolute Gasteiger partial charge is 0.122 e. The van der Waals surface area contributed by atoms with Crippen LogP contribution >= 0.6 is 23.2 Å². The van der Waals surface area contributed by atoms with Crippen molar-refractivity contribution in [2.75, 3.05) is 19.7 Å². The molecule has 0 bridgehead atoms. The van der Waals surface area contributed by atoms with E-state index in [9.17, 15) is 0 Å². The number of hydrogen-bond acceptors (Lipinski definition) is 2. The van der Waals surface area contributed by atoms with Gasteiger partial charge >= 0.3 is 0 Å². The van der Waals surface area contributed by atoms with Crippen molar-refractivity contribution in [3.63, 3.8) is 0 Å². The van der Waals surface area contributed by atoms with Crippen LogP contribution in [0.15, 0.2) is 30.3 Å². The maximum Gasteiger partial charge on any atom is 0.122 e. The van der Waals surface area contributed by atoms with Crippen LogP contribution in [0.3, 0.4) is 0 Å². The van der Waals surface area contributed by atoms with Gasteiger partial charge in [-0.05, 0) is 73.5 Å². The molecular formula is C24H26Cl2N2O. The third-order valence-electron chi connectivity index (χ3n) is 6.36. The first-order valence-corrected chi connectivity index (χ1v) is 11.4. The molecule has 0 atom stereocenters. The molecular weight excluding hydrogens is 403 g/mol. The molecule has 0 unspecified atom stereocenters. The Morgan fingerprint density at radius 3 is 2.72 bits per heavy atom. The van der Waals surface area contributed by atoms with Gasteiger partial charge in [0.25, 0.3) is 0 Å². The number of hydrogen-bond donors (Lipinski definition) is 1. The topological polar surface area (TPSA) is 26.2 Å². The van der Waals surface area contributed by atoms with E-state index in [1.807, 2.05) is 6.07 Å². The van der Waals surface area contributed by atoms with Crippen LogP contribution in [0.1, 0.15) is 35.2 Å². The average Bonchev–Trinajstić information content (AvgIpc) is 2.88. The number of rotatable bonds is 4. The molecule has 0 spiro atoms. The van der Waals surface area contributed by atoms with Crippen molar-refractivity contribution in [2.24, 2.45) is 0 Å². The van der Waals surface area contributed by atoms with E-state index >= 15 is 0 Å². The van der Waals surface area contributed by atoms with E-state index < -0.39 is 0 Å². The lowest BCUT2D eigenvalue weighted by Crippen LogP contribution is -2.18. The Kier molecular flexibility index (Phi) is 5.47. The van der Waals surface area contributed by atoms with Crippen molar-refractivity contribution in [3.05, 3.63) is 62.8 Å². The van der Waals surface area contributed by atoms with Gasteiger partial charge in [0.05, 0.1) is 22.1 Å². The molecule has 152 valence electrons. The average molecular weight is 429 g/mol. The van der Waals surface area contributed by atoms with Crippen LogP contribution in [0.2, 0.25) is 10.0 Å². The first kappa shape index (κ1) is 19.3. The fourth-order valence-electron chi connectivity index (χ4n) is 4.99. The Bertz CT molecular complexity index is 1060. The predicted octanol–water partition coefficient (Wildman–Crippen LogP) is 5.59. The van der Waals surface area contributed by atoms with Gasteiger partial charge in [-0.2, -0.15) is 0 Å². The van der Waals surface area contributed by atoms with Crippen LogP contribution in [0.25, 0.3) is 10.9 Å². The summed E-state index contributed by atoms with van der Waals surface area (Å²) >= 11 is 13.0. The van der Waals surface area contributed by atoms with Crippen molar-refractivity contribution in [1.29, 1.82) is 0 Å². The van der Waals surface area contributed by atoms with Gasteiger partial charge in [0, 0.05) is 24.0 Å². The molecule has 2 heterocycles. The summed E-state index contributed by atoms with van der Waals surface area (Å²) in [4.78, 5) is 0. The number of nitrogens with zero attached hydrogens (tertiary/aromatic N) is 1. The Balaban J connectivity index is 1.45. The molecule has 2 aromatic carbocycles. The van der Waals surface area contributed by atoms with Crippen LogP contribution in [-0.4, -0.2) is 24.3 Å². The summed E-state index contributed by atoms with van der Waals surface area (Å²) in [7, 11) is 0. The summed E-state index contributed by atoms with van der Waals surface area (Å²) < 4.78 is 8.71. The van der Waals surface area contributed by atoms with Gasteiger partial charge in [-0.25, -0.2) is 0 Å². The zero-order valence-electron chi connectivity index (χ0n) is 16.6. The van der Waals surface area contributed by atoms with Crippen LogP contribution in [0.4, 0.5) is 0 Å². The number of halogens is 2. The number of ether oxygens (including phenoxy) is 1. The lowest BCUT2D eigenvalue weighted by molar-refractivity contribution is 0.294. The minimum atomic E-state index is 0.628. The van der Waals surface area contributed by atoms with E-state index in [1.54, 1.807) is 0 Å². The van der Waals surface area contributed by atoms with Gasteiger partial charge in [-0.15, -0.1) is 0 Å². The molecule has 2 aliphatic rings. The maximum atomic E-state index is 6.64. The fraction of sp³-hybridized carbons (Fsp3) is 0.417. The van der Waals surface area contributed by atoms with E-state index in [4.69, 9.17) is 27.9 Å². The van der Waals surface area contributed by atoms with Crippen LogP contribution in [-0.2, 0) is 32.2 Å². The highest BCUT2D eigenvalue weighted by atomic mass is 35.5. The Morgan fingerprint density at radius 2 is 1.79 bits per heavy atom. The van der Waals surface area contributed by atoms with Crippen molar-refractivity contribution in [2.45, 2.75) is 45.1 Å². The molecule has 0 amide bonds. The summed E-state index contributed by atoms with van der Waals surface area (Å²) in [5, 5.41) is 5.93. The zero-order chi connectivity index (χ0) is 19.8. The largest absolute Gasteiger partial charge is 0.491 e. The van der Waals surface area contributed by atoms with Gasteiger partial charge in [0.1, 0.15) is 12.4 Å². The van der Waals surface area contributed by atoms with E-state index in [2.05, 4.69) is 34.1 Å². The molecule has 0 fully saturated rings. The highest BCUT2D eigenvalue weighted by Gasteiger charge is 2.22. The summed E-state index contributed by atoms with van der Waals surface area (Å²) in [5.41, 5.74) is 6.75. The van der Waals surface area contributed by atoms with Crippen molar-refractivity contribution in [3.8, 4) is 5.75 Å². The number of benzene rings is 2. The maximum absolute atomic E-state index is 6.64. The molecule has 5 heteroatoms. The molecule has 1 N–H and O–H groups in total. The number of nitrogens with one attached hydrogen (secondary N) is 1. The molecule has 3 aromatic rings. The first-order valence-electron chi connectivity index (χ1n) is 10.7. The summed E-state index contributed by atoms with van der Waals surface area (Å²) in [6, 6.07) is 10.5. The standard InChI is InChI=1S/C24H26Cl2N2O/c25-19-8-9-21-23(24(19)26)18-10-12-27-13-11-20(18)28(21)14-15-29-22-7-3-5-16-4-1-2-6-17(16)22/h3,5,7-9,27H,1-2,4,6,10-15H2. The molecule has 29 heavy (non-hydrogen) atoms. The minimum absolute atomic E-state index is 0.628. The van der Waals surface area contributed by atoms with Gasteiger partial charge in [-0.1, -0.05) is 35.3 Å². The third kappa shape index (κ3) is 3.54. The van der Waals surface area contributed by atoms with E-state index in [0.29, 0.717) is 16.7 Å². The number of aromatic nitrogens is 1. The van der Waals surface area contributed by atoms with Crippen molar-refractivity contribution in [1.82, 2.24) is 9.88 Å². The number of aryl methyl sites for hydroxylation is 1. The molecule has 1 aliphatic carbocycles. The molecule has 0 saturated carbocycles. The second-order valence-corrected chi connectivity index (χ2v) is 8.82. The van der Waals surface area contributed by atoms with Crippen LogP contribution < -0.4 is 10.1 Å². The molecule has 0 saturated heterocycles. The molecule has 0 radical (unpaired) electrons. The van der Waals surface area contributed by atoms with Crippen LogP contribution in [0.5, 0.6) is 5.75 Å². The van der Waals surface area contributed by atoms with Crippen molar-refractivity contribution >= 4 is 34.1 Å². The fourth-order valence-corrected chi connectivity index (χ4v) is 5.42. The SMILES string of the molecule is Clc1ccc2c(c1Cl)c1c(n2CCOc2cccc3c2CCCC3)CCNCC1.